The molecule has 1 N–H and O–H groups in total. The normalized spacial score (nSPS) is 13.3. The molecular formula is C22H30N2O5S. The molecule has 0 aliphatic heterocycles. The zero-order valence-electron chi connectivity index (χ0n) is 18.3. The largest absolute Gasteiger partial charge is 0.491 e. The molecule has 30 heavy (non-hydrogen) atoms. The van der Waals surface area contributed by atoms with Gasteiger partial charge in [0.2, 0.25) is 10.0 Å². The van der Waals surface area contributed by atoms with Crippen LogP contribution in [0.3, 0.4) is 0 Å². The number of sulfonamides is 1. The number of carbonyl (C=O) groups is 1. The van der Waals surface area contributed by atoms with Crippen molar-refractivity contribution in [3.05, 3.63) is 53.6 Å². The molecular weight excluding hydrogens is 404 g/mol. The summed E-state index contributed by atoms with van der Waals surface area (Å²) in [7, 11) is -1.86. The maximum Gasteiger partial charge on any atom is 0.261 e. The van der Waals surface area contributed by atoms with Gasteiger partial charge in [0.05, 0.1) is 18.0 Å². The Balaban J connectivity index is 1.85. The lowest BCUT2D eigenvalue weighted by Gasteiger charge is -2.20. The van der Waals surface area contributed by atoms with Gasteiger partial charge in [-0.05, 0) is 75.2 Å². The molecule has 0 fully saturated rings. The summed E-state index contributed by atoms with van der Waals surface area (Å²) in [6.45, 7) is 7.93. The second-order valence-electron chi connectivity index (χ2n) is 7.45. The molecule has 2 atom stereocenters. The summed E-state index contributed by atoms with van der Waals surface area (Å²) in [6.07, 6.45) is 0.418. The molecule has 164 valence electrons. The molecule has 0 aliphatic carbocycles. The third-order valence-electron chi connectivity index (χ3n) is 4.75. The fraction of sp³-hybridized carbons (Fsp3) is 0.409. The third-order valence-corrected chi connectivity index (χ3v) is 5.95. The lowest BCUT2D eigenvalue weighted by atomic mass is 10.1. The van der Waals surface area contributed by atoms with E-state index >= 15 is 0 Å². The number of ether oxygens (including phenoxy) is 2. The second-order valence-corrected chi connectivity index (χ2v) is 9.46. The second kappa shape index (κ2) is 9.84. The molecule has 2 aromatic rings. The SMILES string of the molecule is Cc1ccc(OC[C@@H](C)NC(=O)[C@H](C)Oc2ccc(N(C)S(C)(=O)=O)cc2)cc1C. The highest BCUT2D eigenvalue weighted by atomic mass is 32.2. The highest BCUT2D eigenvalue weighted by Gasteiger charge is 2.18. The summed E-state index contributed by atoms with van der Waals surface area (Å²) in [6, 6.07) is 12.2. The quantitative estimate of drug-likeness (QED) is 0.656. The van der Waals surface area contributed by atoms with Crippen LogP contribution in [0.2, 0.25) is 0 Å². The van der Waals surface area contributed by atoms with Crippen LogP contribution in [-0.4, -0.2) is 46.4 Å². The van der Waals surface area contributed by atoms with Gasteiger partial charge < -0.3 is 14.8 Å². The molecule has 0 unspecified atom stereocenters. The van der Waals surface area contributed by atoms with Crippen molar-refractivity contribution in [2.24, 2.45) is 0 Å². The zero-order chi connectivity index (χ0) is 22.5. The fourth-order valence-corrected chi connectivity index (χ4v) is 3.12. The number of hydrogen-bond donors (Lipinski definition) is 1. The summed E-state index contributed by atoms with van der Waals surface area (Å²) >= 11 is 0. The number of carbonyl (C=O) groups excluding carboxylic acids is 1. The van der Waals surface area contributed by atoms with Crippen LogP contribution in [-0.2, 0) is 14.8 Å². The Kier molecular flexibility index (Phi) is 7.72. The number of rotatable bonds is 9. The smallest absolute Gasteiger partial charge is 0.261 e. The summed E-state index contributed by atoms with van der Waals surface area (Å²) in [5.74, 6) is 0.980. The molecule has 1 amide bonds. The molecule has 0 saturated heterocycles. The molecule has 0 heterocycles. The minimum absolute atomic E-state index is 0.198. The summed E-state index contributed by atoms with van der Waals surface area (Å²) in [5.41, 5.74) is 2.87. The van der Waals surface area contributed by atoms with Gasteiger partial charge in [-0.2, -0.15) is 0 Å². The van der Waals surface area contributed by atoms with Gasteiger partial charge in [-0.1, -0.05) is 6.07 Å². The van der Waals surface area contributed by atoms with E-state index in [9.17, 15) is 13.2 Å². The Hall–Kier alpha value is -2.74. The number of nitrogens with zero attached hydrogens (tertiary/aromatic N) is 1. The Morgan fingerprint density at radius 2 is 1.63 bits per heavy atom. The van der Waals surface area contributed by atoms with Crippen LogP contribution in [0.4, 0.5) is 5.69 Å². The zero-order valence-corrected chi connectivity index (χ0v) is 19.1. The number of hydrogen-bond acceptors (Lipinski definition) is 5. The highest BCUT2D eigenvalue weighted by Crippen LogP contribution is 2.21. The van der Waals surface area contributed by atoms with Crippen molar-refractivity contribution in [3.8, 4) is 11.5 Å². The first-order valence-electron chi connectivity index (χ1n) is 9.68. The molecule has 0 bridgehead atoms. The van der Waals surface area contributed by atoms with E-state index in [1.54, 1.807) is 31.2 Å². The Bertz CT molecular complexity index is 974. The number of nitrogens with one attached hydrogen (secondary N) is 1. The summed E-state index contributed by atoms with van der Waals surface area (Å²) in [5, 5.41) is 2.87. The van der Waals surface area contributed by atoms with Crippen molar-refractivity contribution in [1.82, 2.24) is 5.32 Å². The van der Waals surface area contributed by atoms with Gasteiger partial charge in [-0.3, -0.25) is 9.10 Å². The van der Waals surface area contributed by atoms with Crippen molar-refractivity contribution in [2.75, 3.05) is 24.2 Å². The minimum atomic E-state index is -3.33. The lowest BCUT2D eigenvalue weighted by molar-refractivity contribution is -0.128. The van der Waals surface area contributed by atoms with Crippen LogP contribution < -0.4 is 19.1 Å². The first kappa shape index (κ1) is 23.5. The Morgan fingerprint density at radius 1 is 1.03 bits per heavy atom. The molecule has 0 saturated carbocycles. The van der Waals surface area contributed by atoms with E-state index in [1.165, 1.54) is 16.9 Å². The molecule has 8 heteroatoms. The van der Waals surface area contributed by atoms with Crippen molar-refractivity contribution in [3.63, 3.8) is 0 Å². The van der Waals surface area contributed by atoms with Gasteiger partial charge in [-0.25, -0.2) is 8.42 Å². The van der Waals surface area contributed by atoms with E-state index in [4.69, 9.17) is 9.47 Å². The van der Waals surface area contributed by atoms with Crippen molar-refractivity contribution >= 4 is 21.6 Å². The van der Waals surface area contributed by atoms with Crippen LogP contribution in [0.15, 0.2) is 42.5 Å². The molecule has 0 aliphatic rings. The van der Waals surface area contributed by atoms with Crippen molar-refractivity contribution in [1.29, 1.82) is 0 Å². The topological polar surface area (TPSA) is 84.9 Å². The molecule has 2 rings (SSSR count). The monoisotopic (exact) mass is 434 g/mol. The number of amides is 1. The molecule has 0 radical (unpaired) electrons. The number of aryl methyl sites for hydroxylation is 2. The number of anilines is 1. The number of benzene rings is 2. The summed E-state index contributed by atoms with van der Waals surface area (Å²) in [4.78, 5) is 12.4. The lowest BCUT2D eigenvalue weighted by Crippen LogP contribution is -2.43. The Labute approximate surface area is 179 Å². The van der Waals surface area contributed by atoms with Gasteiger partial charge in [0, 0.05) is 7.05 Å². The standard InChI is InChI=1S/C22H30N2O5S/c1-15-7-10-21(13-16(15)2)28-14-17(3)23-22(25)18(4)29-20-11-8-19(9-12-20)24(5)30(6,26)27/h7-13,17-18H,14H2,1-6H3,(H,23,25)/t17-,18+/m1/s1. The average Bonchev–Trinajstić information content (AvgIpc) is 2.68. The van der Waals surface area contributed by atoms with Gasteiger partial charge in [0.25, 0.3) is 5.91 Å². The van der Waals surface area contributed by atoms with E-state index < -0.39 is 16.1 Å². The van der Waals surface area contributed by atoms with E-state index in [0.717, 1.165) is 17.6 Å². The van der Waals surface area contributed by atoms with Crippen LogP contribution in [0.25, 0.3) is 0 Å². The van der Waals surface area contributed by atoms with E-state index in [1.807, 2.05) is 39.0 Å². The maximum atomic E-state index is 12.4. The molecule has 0 spiro atoms. The van der Waals surface area contributed by atoms with E-state index in [0.29, 0.717) is 18.0 Å². The minimum Gasteiger partial charge on any atom is -0.491 e. The first-order valence-corrected chi connectivity index (χ1v) is 11.5. The first-order chi connectivity index (χ1) is 14.0. The van der Waals surface area contributed by atoms with Gasteiger partial charge in [0.15, 0.2) is 6.10 Å². The van der Waals surface area contributed by atoms with Crippen LogP contribution in [0.1, 0.15) is 25.0 Å². The third kappa shape index (κ3) is 6.66. The van der Waals surface area contributed by atoms with E-state index in [2.05, 4.69) is 5.32 Å². The van der Waals surface area contributed by atoms with Gasteiger partial charge in [-0.15, -0.1) is 0 Å². The predicted octanol–water partition coefficient (Wildman–Crippen LogP) is 3.05. The van der Waals surface area contributed by atoms with Crippen LogP contribution in [0, 0.1) is 13.8 Å². The Morgan fingerprint density at radius 3 is 2.20 bits per heavy atom. The average molecular weight is 435 g/mol. The van der Waals surface area contributed by atoms with Gasteiger partial charge in [0.1, 0.15) is 18.1 Å². The van der Waals surface area contributed by atoms with Gasteiger partial charge >= 0.3 is 0 Å². The molecule has 2 aromatic carbocycles. The maximum absolute atomic E-state index is 12.4. The molecule has 0 aromatic heterocycles. The van der Waals surface area contributed by atoms with Crippen molar-refractivity contribution < 1.29 is 22.7 Å². The van der Waals surface area contributed by atoms with Crippen LogP contribution >= 0.6 is 0 Å². The van der Waals surface area contributed by atoms with Crippen LogP contribution in [0.5, 0.6) is 11.5 Å². The highest BCUT2D eigenvalue weighted by molar-refractivity contribution is 7.92. The fourth-order valence-electron chi connectivity index (χ4n) is 2.61. The van der Waals surface area contributed by atoms with E-state index in [-0.39, 0.29) is 11.9 Å². The van der Waals surface area contributed by atoms with Crippen molar-refractivity contribution in [2.45, 2.75) is 39.8 Å². The summed E-state index contributed by atoms with van der Waals surface area (Å²) < 4.78 is 35.8. The predicted molar refractivity (Wildman–Crippen MR) is 119 cm³/mol. The molecule has 7 nitrogen and oxygen atoms in total.